The van der Waals surface area contributed by atoms with Crippen molar-refractivity contribution >= 4 is 17.4 Å². The molecule has 2 heterocycles. The second-order valence-electron chi connectivity index (χ2n) is 5.51. The van der Waals surface area contributed by atoms with Crippen molar-refractivity contribution in [2.24, 2.45) is 0 Å². The van der Waals surface area contributed by atoms with Crippen molar-refractivity contribution in [2.45, 2.75) is 12.7 Å². The molecule has 0 N–H and O–H groups in total. The van der Waals surface area contributed by atoms with Crippen LogP contribution in [0.15, 0.2) is 55.0 Å². The Morgan fingerprint density at radius 1 is 1.16 bits per heavy atom. The smallest absolute Gasteiger partial charge is 0.354 e. The van der Waals surface area contributed by atoms with Gasteiger partial charge in [0.2, 0.25) is 0 Å². The Balaban J connectivity index is 1.77. The van der Waals surface area contributed by atoms with Crippen LogP contribution in [0.3, 0.4) is 0 Å². The van der Waals surface area contributed by atoms with Gasteiger partial charge in [-0.25, -0.2) is 9.67 Å². The van der Waals surface area contributed by atoms with Gasteiger partial charge in [0, 0.05) is 31.5 Å². The molecule has 3 aromatic rings. The Morgan fingerprint density at radius 2 is 1.88 bits per heavy atom. The Labute approximate surface area is 147 Å². The van der Waals surface area contributed by atoms with Gasteiger partial charge >= 0.3 is 6.18 Å². The molecule has 2 aromatic heterocycles. The average Bonchev–Trinajstić information content (AvgIpc) is 3.03. The summed E-state index contributed by atoms with van der Waals surface area (Å²) in [6, 6.07) is 10.5. The molecule has 0 aliphatic carbocycles. The lowest BCUT2D eigenvalue weighted by Gasteiger charge is -2.19. The van der Waals surface area contributed by atoms with Gasteiger partial charge < -0.3 is 4.90 Å². The first-order valence-electron chi connectivity index (χ1n) is 7.37. The zero-order valence-electron chi connectivity index (χ0n) is 13.2. The molecular formula is C17H14ClF3N4. The van der Waals surface area contributed by atoms with Crippen LogP contribution in [0.1, 0.15) is 11.1 Å². The Morgan fingerprint density at radius 3 is 2.52 bits per heavy atom. The number of hydrogen-bond donors (Lipinski definition) is 0. The SMILES string of the molecule is CN(Cc1cnn(-c2ccccc2)c1)c1ncc(C(F)(F)F)cc1Cl. The maximum atomic E-state index is 12.7. The number of halogens is 4. The highest BCUT2D eigenvalue weighted by Gasteiger charge is 2.31. The summed E-state index contributed by atoms with van der Waals surface area (Å²) in [4.78, 5) is 5.53. The van der Waals surface area contributed by atoms with E-state index < -0.39 is 11.7 Å². The maximum Gasteiger partial charge on any atom is 0.417 e. The van der Waals surface area contributed by atoms with Crippen molar-refractivity contribution in [3.05, 3.63) is 71.1 Å². The number of rotatable bonds is 4. The molecule has 4 nitrogen and oxygen atoms in total. The van der Waals surface area contributed by atoms with E-state index in [1.165, 1.54) is 0 Å². The van der Waals surface area contributed by atoms with E-state index in [0.29, 0.717) is 6.54 Å². The summed E-state index contributed by atoms with van der Waals surface area (Å²) in [6.07, 6.45) is -0.138. The maximum absolute atomic E-state index is 12.7. The van der Waals surface area contributed by atoms with Crippen LogP contribution >= 0.6 is 11.6 Å². The van der Waals surface area contributed by atoms with E-state index in [1.54, 1.807) is 22.8 Å². The minimum absolute atomic E-state index is 0.0484. The van der Waals surface area contributed by atoms with E-state index in [-0.39, 0.29) is 10.8 Å². The second kappa shape index (κ2) is 6.76. The first-order valence-corrected chi connectivity index (χ1v) is 7.75. The normalized spacial score (nSPS) is 11.6. The Bertz CT molecular complexity index is 862. The monoisotopic (exact) mass is 366 g/mol. The van der Waals surface area contributed by atoms with E-state index in [9.17, 15) is 13.2 Å². The molecule has 0 saturated heterocycles. The fourth-order valence-electron chi connectivity index (χ4n) is 2.38. The van der Waals surface area contributed by atoms with Gasteiger partial charge in [-0.05, 0) is 18.2 Å². The average molecular weight is 367 g/mol. The summed E-state index contributed by atoms with van der Waals surface area (Å²) >= 11 is 5.97. The van der Waals surface area contributed by atoms with E-state index in [0.717, 1.165) is 23.5 Å². The van der Waals surface area contributed by atoms with Gasteiger partial charge in [-0.1, -0.05) is 29.8 Å². The number of anilines is 1. The molecule has 0 aliphatic heterocycles. The molecule has 0 amide bonds. The summed E-state index contributed by atoms with van der Waals surface area (Å²) in [7, 11) is 1.71. The van der Waals surface area contributed by atoms with Crippen molar-refractivity contribution in [1.82, 2.24) is 14.8 Å². The van der Waals surface area contributed by atoms with E-state index in [4.69, 9.17) is 11.6 Å². The fourth-order valence-corrected chi connectivity index (χ4v) is 2.69. The van der Waals surface area contributed by atoms with Gasteiger partial charge in [0.15, 0.2) is 0 Å². The predicted octanol–water partition coefficient (Wildman–Crippen LogP) is 4.58. The fraction of sp³-hybridized carbons (Fsp3) is 0.176. The van der Waals surface area contributed by atoms with Crippen LogP contribution in [0.4, 0.5) is 19.0 Å². The summed E-state index contributed by atoms with van der Waals surface area (Å²) in [5.74, 6) is 0.280. The quantitative estimate of drug-likeness (QED) is 0.678. The minimum atomic E-state index is -4.47. The van der Waals surface area contributed by atoms with Crippen molar-refractivity contribution in [1.29, 1.82) is 0 Å². The third-order valence-corrected chi connectivity index (χ3v) is 3.87. The van der Waals surface area contributed by atoms with Crippen LogP contribution < -0.4 is 4.90 Å². The van der Waals surface area contributed by atoms with Crippen LogP contribution in [-0.2, 0) is 12.7 Å². The first-order chi connectivity index (χ1) is 11.8. The third-order valence-electron chi connectivity index (χ3n) is 3.59. The molecule has 0 saturated carbocycles. The molecule has 0 spiro atoms. The molecule has 0 unspecified atom stereocenters. The standard InChI is InChI=1S/C17H14ClF3N4/c1-24(16-15(18)7-13(9-22-16)17(19,20)21)10-12-8-23-25(11-12)14-5-3-2-4-6-14/h2-9,11H,10H2,1H3. The highest BCUT2D eigenvalue weighted by molar-refractivity contribution is 6.33. The third kappa shape index (κ3) is 3.93. The molecule has 25 heavy (non-hydrogen) atoms. The number of pyridine rings is 1. The number of nitrogens with zero attached hydrogens (tertiary/aromatic N) is 4. The zero-order chi connectivity index (χ0) is 18.0. The number of para-hydroxylation sites is 1. The van der Waals surface area contributed by atoms with Gasteiger partial charge in [0.25, 0.3) is 0 Å². The summed E-state index contributed by atoms with van der Waals surface area (Å²) < 4.78 is 39.8. The topological polar surface area (TPSA) is 34.0 Å². The number of alkyl halides is 3. The molecular weight excluding hydrogens is 353 g/mol. The molecule has 0 radical (unpaired) electrons. The molecule has 0 atom stereocenters. The predicted molar refractivity (Wildman–Crippen MR) is 89.9 cm³/mol. The highest BCUT2D eigenvalue weighted by atomic mass is 35.5. The van der Waals surface area contributed by atoms with Gasteiger partial charge in [0.05, 0.1) is 22.5 Å². The highest BCUT2D eigenvalue weighted by Crippen LogP contribution is 2.33. The van der Waals surface area contributed by atoms with E-state index >= 15 is 0 Å². The molecule has 8 heteroatoms. The Hall–Kier alpha value is -2.54. The number of aromatic nitrogens is 3. The van der Waals surface area contributed by atoms with E-state index in [2.05, 4.69) is 10.1 Å². The van der Waals surface area contributed by atoms with Crippen molar-refractivity contribution < 1.29 is 13.2 Å². The number of benzene rings is 1. The summed E-state index contributed by atoms with van der Waals surface area (Å²) in [5.41, 5.74) is 0.928. The lowest BCUT2D eigenvalue weighted by Crippen LogP contribution is -2.18. The molecule has 0 bridgehead atoms. The Kier molecular flexibility index (Phi) is 4.67. The van der Waals surface area contributed by atoms with Gasteiger partial charge in [-0.2, -0.15) is 18.3 Å². The van der Waals surface area contributed by atoms with Gasteiger partial charge in [0.1, 0.15) is 5.82 Å². The zero-order valence-corrected chi connectivity index (χ0v) is 14.0. The number of hydrogen-bond acceptors (Lipinski definition) is 3. The van der Waals surface area contributed by atoms with Gasteiger partial charge in [-0.15, -0.1) is 0 Å². The van der Waals surface area contributed by atoms with Crippen LogP contribution in [0.2, 0.25) is 5.02 Å². The first kappa shape index (κ1) is 17.3. The summed E-state index contributed by atoms with van der Waals surface area (Å²) in [5, 5.41) is 4.24. The van der Waals surface area contributed by atoms with E-state index in [1.807, 2.05) is 36.5 Å². The molecule has 130 valence electrons. The molecule has 3 rings (SSSR count). The summed E-state index contributed by atoms with van der Waals surface area (Å²) in [6.45, 7) is 0.408. The molecule has 0 aliphatic rings. The molecule has 0 fully saturated rings. The molecule has 1 aromatic carbocycles. The van der Waals surface area contributed by atoms with Crippen molar-refractivity contribution in [2.75, 3.05) is 11.9 Å². The largest absolute Gasteiger partial charge is 0.417 e. The van der Waals surface area contributed by atoms with Crippen LogP contribution in [0.5, 0.6) is 0 Å². The van der Waals surface area contributed by atoms with Crippen LogP contribution in [0, 0.1) is 0 Å². The lowest BCUT2D eigenvalue weighted by atomic mass is 10.2. The van der Waals surface area contributed by atoms with Crippen LogP contribution in [0.25, 0.3) is 5.69 Å². The van der Waals surface area contributed by atoms with Crippen molar-refractivity contribution in [3.63, 3.8) is 0 Å². The van der Waals surface area contributed by atoms with Crippen molar-refractivity contribution in [3.8, 4) is 5.69 Å². The van der Waals surface area contributed by atoms with Gasteiger partial charge in [-0.3, -0.25) is 0 Å². The lowest BCUT2D eigenvalue weighted by molar-refractivity contribution is -0.137. The second-order valence-corrected chi connectivity index (χ2v) is 5.92. The minimum Gasteiger partial charge on any atom is -0.354 e. The van der Waals surface area contributed by atoms with Crippen LogP contribution in [-0.4, -0.2) is 21.8 Å².